The third kappa shape index (κ3) is 3.05. The van der Waals surface area contributed by atoms with E-state index in [-0.39, 0.29) is 16.5 Å². The predicted molar refractivity (Wildman–Crippen MR) is 75.6 cm³/mol. The maximum Gasteiger partial charge on any atom is 0.266 e. The number of nitrogens with one attached hydrogen (secondary N) is 1. The summed E-state index contributed by atoms with van der Waals surface area (Å²) in [6.45, 7) is 1.75. The van der Waals surface area contributed by atoms with Gasteiger partial charge in [0.2, 0.25) is 0 Å². The number of halogens is 1. The number of phenols is 1. The summed E-state index contributed by atoms with van der Waals surface area (Å²) in [5.74, 6) is -0.104. The van der Waals surface area contributed by atoms with Gasteiger partial charge in [-0.2, -0.15) is 0 Å². The predicted octanol–water partition coefficient (Wildman–Crippen LogP) is 2.66. The van der Waals surface area contributed by atoms with Gasteiger partial charge in [0.1, 0.15) is 16.5 Å². The third-order valence-electron chi connectivity index (χ3n) is 2.42. The lowest BCUT2D eigenvalue weighted by molar-refractivity contribution is 0.459. The Morgan fingerprint density at radius 2 is 1.89 bits per heavy atom. The van der Waals surface area contributed by atoms with E-state index in [9.17, 15) is 13.5 Å². The van der Waals surface area contributed by atoms with Gasteiger partial charge in [-0.25, -0.2) is 13.4 Å². The fourth-order valence-electron chi connectivity index (χ4n) is 1.48. The summed E-state index contributed by atoms with van der Waals surface area (Å²) in [6.07, 6.45) is 0. The first-order valence-electron chi connectivity index (χ1n) is 5.34. The number of hydrogen-bond acceptors (Lipinski definition) is 4. The number of pyridine rings is 1. The molecule has 0 radical (unpaired) electrons. The highest BCUT2D eigenvalue weighted by molar-refractivity contribution is 9.10. The number of sulfonamides is 1. The molecular formula is C12H11BrN2O3S. The van der Waals surface area contributed by atoms with Crippen LogP contribution in [0.25, 0.3) is 0 Å². The number of phenolic OH excluding ortho intramolecular Hbond substituents is 1. The first kappa shape index (κ1) is 13.8. The van der Waals surface area contributed by atoms with E-state index in [0.717, 1.165) is 4.47 Å². The first-order chi connectivity index (χ1) is 8.90. The van der Waals surface area contributed by atoms with Gasteiger partial charge in [-0.15, -0.1) is 0 Å². The molecule has 0 fully saturated rings. The lowest BCUT2D eigenvalue weighted by Gasteiger charge is -2.09. The molecule has 5 nitrogen and oxygen atoms in total. The minimum atomic E-state index is -3.85. The summed E-state index contributed by atoms with van der Waals surface area (Å²) in [5, 5.41) is 9.58. The molecule has 0 amide bonds. The molecule has 2 rings (SSSR count). The number of nitrogens with zero attached hydrogens (tertiary/aromatic N) is 1. The number of para-hydroxylation sites is 1. The fraction of sp³-hybridized carbons (Fsp3) is 0.0833. The highest BCUT2D eigenvalue weighted by Crippen LogP contribution is 2.24. The Hall–Kier alpha value is -1.60. The van der Waals surface area contributed by atoms with Crippen molar-refractivity contribution in [3.05, 3.63) is 46.6 Å². The summed E-state index contributed by atoms with van der Waals surface area (Å²) in [7, 11) is -3.85. The third-order valence-corrected chi connectivity index (χ3v) is 4.66. The van der Waals surface area contributed by atoms with Crippen molar-refractivity contribution < 1.29 is 13.5 Å². The Bertz CT molecular complexity index is 717. The Morgan fingerprint density at radius 3 is 2.53 bits per heavy atom. The monoisotopic (exact) mass is 342 g/mol. The van der Waals surface area contributed by atoms with Gasteiger partial charge in [-0.1, -0.05) is 12.1 Å². The molecule has 0 unspecified atom stereocenters. The molecule has 0 spiro atoms. The van der Waals surface area contributed by atoms with E-state index in [0.29, 0.717) is 5.69 Å². The molecule has 0 bridgehead atoms. The number of benzene rings is 1. The summed E-state index contributed by atoms with van der Waals surface area (Å²) >= 11 is 3.29. The van der Waals surface area contributed by atoms with Crippen molar-refractivity contribution in [3.63, 3.8) is 0 Å². The van der Waals surface area contributed by atoms with Crippen molar-refractivity contribution in [1.82, 2.24) is 4.98 Å². The van der Waals surface area contributed by atoms with Crippen molar-refractivity contribution in [2.24, 2.45) is 0 Å². The van der Waals surface area contributed by atoms with Gasteiger partial charge in [0, 0.05) is 4.47 Å². The second kappa shape index (κ2) is 5.18. The smallest absolute Gasteiger partial charge is 0.266 e. The first-order valence-corrected chi connectivity index (χ1v) is 7.62. The van der Waals surface area contributed by atoms with E-state index in [2.05, 4.69) is 25.6 Å². The lowest BCUT2D eigenvalue weighted by atomic mass is 10.3. The maximum absolute atomic E-state index is 12.1. The molecule has 0 saturated carbocycles. The molecule has 0 atom stereocenters. The van der Waals surface area contributed by atoms with Crippen LogP contribution in [0.2, 0.25) is 0 Å². The van der Waals surface area contributed by atoms with Crippen LogP contribution in [-0.4, -0.2) is 18.5 Å². The molecule has 1 aromatic heterocycles. The minimum Gasteiger partial charge on any atom is -0.507 e. The molecule has 0 saturated heterocycles. The zero-order valence-electron chi connectivity index (χ0n) is 9.96. The Balaban J connectivity index is 2.37. The van der Waals surface area contributed by atoms with Gasteiger partial charge in [0.25, 0.3) is 10.0 Å². The van der Waals surface area contributed by atoms with Crippen LogP contribution in [0.5, 0.6) is 5.75 Å². The number of aryl methyl sites for hydroxylation is 1. The van der Waals surface area contributed by atoms with Crippen molar-refractivity contribution in [2.75, 3.05) is 4.72 Å². The zero-order chi connectivity index (χ0) is 14.0. The minimum absolute atomic E-state index is 0.183. The molecule has 0 aliphatic heterocycles. The second-order valence-corrected chi connectivity index (χ2v) is 6.34. The van der Waals surface area contributed by atoms with Gasteiger partial charge in [-0.3, -0.25) is 4.72 Å². The summed E-state index contributed by atoms with van der Waals surface area (Å²) in [4.78, 5) is 3.91. The van der Waals surface area contributed by atoms with Crippen molar-refractivity contribution in [1.29, 1.82) is 0 Å². The van der Waals surface area contributed by atoms with Gasteiger partial charge in [-0.05, 0) is 47.1 Å². The Kier molecular flexibility index (Phi) is 3.77. The second-order valence-electron chi connectivity index (χ2n) is 3.84. The van der Waals surface area contributed by atoms with Gasteiger partial charge >= 0.3 is 0 Å². The highest BCUT2D eigenvalue weighted by atomic mass is 79.9. The van der Waals surface area contributed by atoms with Crippen LogP contribution in [0.1, 0.15) is 5.69 Å². The van der Waals surface area contributed by atoms with Crippen molar-refractivity contribution >= 4 is 31.8 Å². The van der Waals surface area contributed by atoms with E-state index in [1.165, 1.54) is 24.3 Å². The largest absolute Gasteiger partial charge is 0.507 e. The van der Waals surface area contributed by atoms with Crippen molar-refractivity contribution in [3.8, 4) is 5.75 Å². The number of hydrogen-bond donors (Lipinski definition) is 2. The molecule has 2 aromatic rings. The normalized spacial score (nSPS) is 11.3. The quantitative estimate of drug-likeness (QED) is 0.898. The van der Waals surface area contributed by atoms with Crippen LogP contribution in [0.15, 0.2) is 45.8 Å². The fourth-order valence-corrected chi connectivity index (χ4v) is 2.80. The van der Waals surface area contributed by atoms with Crippen LogP contribution >= 0.6 is 15.9 Å². The summed E-state index contributed by atoms with van der Waals surface area (Å²) in [6, 6.07) is 8.96. The van der Waals surface area contributed by atoms with E-state index >= 15 is 0 Å². The number of anilines is 1. The van der Waals surface area contributed by atoms with Crippen LogP contribution in [0.3, 0.4) is 0 Å². The standard InChI is InChI=1S/C12H11BrN2O3S/c1-8-9(13)6-7-12(14-8)15-19(17,18)11-5-3-2-4-10(11)16/h2-7,16H,1H3,(H,14,15). The topological polar surface area (TPSA) is 79.3 Å². The Morgan fingerprint density at radius 1 is 1.21 bits per heavy atom. The average Bonchev–Trinajstić information content (AvgIpc) is 2.34. The summed E-state index contributed by atoms with van der Waals surface area (Å²) < 4.78 is 27.3. The van der Waals surface area contributed by atoms with Crippen LogP contribution < -0.4 is 4.72 Å². The van der Waals surface area contributed by atoms with E-state index < -0.39 is 10.0 Å². The molecule has 100 valence electrons. The maximum atomic E-state index is 12.1. The highest BCUT2D eigenvalue weighted by Gasteiger charge is 2.18. The molecule has 1 heterocycles. The molecule has 0 aliphatic carbocycles. The van der Waals surface area contributed by atoms with E-state index in [1.54, 1.807) is 19.1 Å². The number of aromatic hydroxyl groups is 1. The SMILES string of the molecule is Cc1nc(NS(=O)(=O)c2ccccc2O)ccc1Br. The van der Waals surface area contributed by atoms with Gasteiger partial charge in [0.15, 0.2) is 0 Å². The van der Waals surface area contributed by atoms with E-state index in [1.807, 2.05) is 0 Å². The van der Waals surface area contributed by atoms with Crippen molar-refractivity contribution in [2.45, 2.75) is 11.8 Å². The molecule has 1 aromatic carbocycles. The molecule has 19 heavy (non-hydrogen) atoms. The molecule has 2 N–H and O–H groups in total. The Labute approximate surface area is 119 Å². The molecule has 0 aliphatic rings. The average molecular weight is 343 g/mol. The number of rotatable bonds is 3. The van der Waals surface area contributed by atoms with Crippen LogP contribution in [0, 0.1) is 6.92 Å². The lowest BCUT2D eigenvalue weighted by Crippen LogP contribution is -2.14. The van der Waals surface area contributed by atoms with Crippen LogP contribution in [-0.2, 0) is 10.0 Å². The summed E-state index contributed by atoms with van der Waals surface area (Å²) in [5.41, 5.74) is 0.664. The van der Waals surface area contributed by atoms with E-state index in [4.69, 9.17) is 0 Å². The molecule has 7 heteroatoms. The van der Waals surface area contributed by atoms with Gasteiger partial charge in [0.05, 0.1) is 5.69 Å². The van der Waals surface area contributed by atoms with Gasteiger partial charge < -0.3 is 5.11 Å². The number of aromatic nitrogens is 1. The molecular weight excluding hydrogens is 332 g/mol. The van der Waals surface area contributed by atoms with Crippen LogP contribution in [0.4, 0.5) is 5.82 Å². The zero-order valence-corrected chi connectivity index (χ0v) is 12.4.